The smallest absolute Gasteiger partial charge is 0.340 e. The van der Waals surface area contributed by atoms with Gasteiger partial charge >= 0.3 is 17.9 Å². The molecule has 0 aliphatic carbocycles. The molecular formula is C35H27NO10. The highest BCUT2D eigenvalue weighted by Crippen LogP contribution is 2.36. The monoisotopic (exact) mass is 621 g/mol. The molecule has 11 heteroatoms. The lowest BCUT2D eigenvalue weighted by Gasteiger charge is -2.46. The molecule has 5 unspecified atom stereocenters. The lowest BCUT2D eigenvalue weighted by molar-refractivity contribution is -0.261. The number of ether oxygens (including phenoxy) is 4. The van der Waals surface area contributed by atoms with E-state index in [9.17, 15) is 29.1 Å². The molecule has 1 fully saturated rings. The van der Waals surface area contributed by atoms with Gasteiger partial charge in [0.25, 0.3) is 11.8 Å². The first-order valence-corrected chi connectivity index (χ1v) is 14.4. The van der Waals surface area contributed by atoms with Crippen LogP contribution in [0.2, 0.25) is 0 Å². The van der Waals surface area contributed by atoms with Crippen molar-refractivity contribution in [2.24, 2.45) is 0 Å². The number of aliphatic hydroxyl groups is 1. The van der Waals surface area contributed by atoms with Gasteiger partial charge in [0.2, 0.25) is 6.29 Å². The molecule has 1 saturated heterocycles. The number of imide groups is 1. The van der Waals surface area contributed by atoms with E-state index in [0.29, 0.717) is 0 Å². The van der Waals surface area contributed by atoms with Gasteiger partial charge in [-0.1, -0.05) is 66.7 Å². The molecule has 0 spiro atoms. The molecule has 4 aromatic rings. The van der Waals surface area contributed by atoms with Crippen molar-refractivity contribution in [3.05, 3.63) is 143 Å². The van der Waals surface area contributed by atoms with Gasteiger partial charge in [-0.15, -0.1) is 0 Å². The number of carbonyl (C=O) groups excluding carboxylic acids is 5. The molecule has 1 N–H and O–H groups in total. The fraction of sp³-hybridized carbons (Fsp3) is 0.171. The molecule has 2 amide bonds. The second-order valence-electron chi connectivity index (χ2n) is 10.5. The van der Waals surface area contributed by atoms with E-state index in [1.807, 2.05) is 0 Å². The predicted molar refractivity (Wildman–Crippen MR) is 160 cm³/mol. The number of fused-ring (bicyclic) bond motifs is 1. The zero-order valence-corrected chi connectivity index (χ0v) is 24.1. The van der Waals surface area contributed by atoms with E-state index >= 15 is 0 Å². The van der Waals surface area contributed by atoms with Crippen LogP contribution in [0, 0.1) is 0 Å². The molecule has 2 heterocycles. The number of hydrogen-bond donors (Lipinski definition) is 1. The average Bonchev–Trinajstić information content (AvgIpc) is 3.35. The van der Waals surface area contributed by atoms with Gasteiger partial charge < -0.3 is 24.1 Å². The van der Waals surface area contributed by atoms with Gasteiger partial charge in [-0.25, -0.2) is 14.4 Å². The fourth-order valence-corrected chi connectivity index (χ4v) is 5.44. The Morgan fingerprint density at radius 2 is 0.978 bits per heavy atom. The lowest BCUT2D eigenvalue weighted by Crippen LogP contribution is -2.67. The van der Waals surface area contributed by atoms with E-state index in [2.05, 4.69) is 0 Å². The number of hydrogen-bond acceptors (Lipinski definition) is 10. The molecule has 232 valence electrons. The minimum Gasteiger partial charge on any atom is -0.452 e. The molecule has 46 heavy (non-hydrogen) atoms. The molecule has 0 aromatic heterocycles. The summed E-state index contributed by atoms with van der Waals surface area (Å²) in [6.45, 7) is -0.777. The Balaban J connectivity index is 1.45. The van der Waals surface area contributed by atoms with Gasteiger partial charge in [0, 0.05) is 0 Å². The number of aliphatic hydroxyl groups excluding tert-OH is 1. The Morgan fingerprint density at radius 3 is 1.41 bits per heavy atom. The minimum atomic E-state index is -1.76. The largest absolute Gasteiger partial charge is 0.452 e. The molecule has 0 saturated carbocycles. The van der Waals surface area contributed by atoms with Crippen LogP contribution in [0.4, 0.5) is 0 Å². The van der Waals surface area contributed by atoms with Crippen molar-refractivity contribution < 1.29 is 48.0 Å². The molecule has 11 nitrogen and oxygen atoms in total. The topological polar surface area (TPSA) is 146 Å². The van der Waals surface area contributed by atoms with Crippen LogP contribution in [0.15, 0.2) is 115 Å². The first-order chi connectivity index (χ1) is 22.4. The maximum atomic E-state index is 13.8. The standard InChI is InChI=1S/C35H27NO10/c37-20-26-28(44-32(40)21-12-4-1-5-13-21)29(45-33(41)22-14-6-2-7-15-22)27(35(43-26)46-34(42)23-16-8-3-9-17-23)36-30(38)24-18-10-11-19-25(24)31(36)39/h1-19,26-29,35,37H,20H2. The Hall–Kier alpha value is -5.65. The summed E-state index contributed by atoms with van der Waals surface area (Å²) in [6.07, 6.45) is -6.40. The van der Waals surface area contributed by atoms with E-state index < -0.39 is 67.0 Å². The Labute approximate surface area is 262 Å². The van der Waals surface area contributed by atoms with Crippen LogP contribution in [0.3, 0.4) is 0 Å². The SMILES string of the molecule is O=C(OC1OC(CO)C(OC(=O)c2ccccc2)C(OC(=O)c2ccccc2)C1N1C(=O)c2ccccc2C1=O)c1ccccc1. The van der Waals surface area contributed by atoms with Crippen LogP contribution >= 0.6 is 0 Å². The van der Waals surface area contributed by atoms with Crippen LogP contribution in [-0.4, -0.2) is 77.0 Å². The van der Waals surface area contributed by atoms with Crippen molar-refractivity contribution >= 4 is 29.7 Å². The van der Waals surface area contributed by atoms with Gasteiger partial charge in [-0.05, 0) is 48.5 Å². The number of benzene rings is 4. The molecule has 0 bridgehead atoms. The third kappa shape index (κ3) is 5.88. The van der Waals surface area contributed by atoms with Gasteiger partial charge in [0.05, 0.1) is 34.4 Å². The summed E-state index contributed by atoms with van der Waals surface area (Å²) in [5.41, 5.74) is 0.513. The minimum absolute atomic E-state index is 0.0656. The molecular weight excluding hydrogens is 594 g/mol. The van der Waals surface area contributed by atoms with Crippen molar-refractivity contribution in [2.75, 3.05) is 6.61 Å². The summed E-state index contributed by atoms with van der Waals surface area (Å²) in [5, 5.41) is 10.4. The van der Waals surface area contributed by atoms with Gasteiger partial charge in [0.15, 0.2) is 12.2 Å². The van der Waals surface area contributed by atoms with E-state index in [4.69, 9.17) is 18.9 Å². The Morgan fingerprint density at radius 1 is 0.587 bits per heavy atom. The molecule has 6 rings (SSSR count). The first-order valence-electron chi connectivity index (χ1n) is 14.4. The number of carbonyl (C=O) groups is 5. The zero-order chi connectivity index (χ0) is 32.2. The highest BCUT2D eigenvalue weighted by atomic mass is 16.7. The van der Waals surface area contributed by atoms with Crippen LogP contribution in [0.5, 0.6) is 0 Å². The highest BCUT2D eigenvalue weighted by molar-refractivity contribution is 6.21. The Bertz CT molecular complexity index is 1730. The molecule has 2 aliphatic rings. The van der Waals surface area contributed by atoms with Crippen LogP contribution in [-0.2, 0) is 18.9 Å². The predicted octanol–water partition coefficient (Wildman–Crippen LogP) is 3.68. The number of nitrogens with zero attached hydrogens (tertiary/aromatic N) is 1. The van der Waals surface area contributed by atoms with Crippen molar-refractivity contribution in [3.63, 3.8) is 0 Å². The summed E-state index contributed by atoms with van der Waals surface area (Å²) < 4.78 is 23.5. The molecule has 5 atom stereocenters. The first kappa shape index (κ1) is 30.4. The second kappa shape index (κ2) is 13.1. The third-order valence-electron chi connectivity index (χ3n) is 7.66. The summed E-state index contributed by atoms with van der Waals surface area (Å²) in [5.74, 6) is -4.16. The van der Waals surface area contributed by atoms with Gasteiger partial charge in [-0.2, -0.15) is 0 Å². The van der Waals surface area contributed by atoms with Crippen molar-refractivity contribution in [3.8, 4) is 0 Å². The average molecular weight is 622 g/mol. The lowest BCUT2D eigenvalue weighted by atomic mass is 9.94. The molecule has 0 radical (unpaired) electrons. The maximum Gasteiger partial charge on any atom is 0.340 e. The summed E-state index contributed by atoms with van der Waals surface area (Å²) in [4.78, 5) is 68.6. The number of rotatable bonds is 8. The molecule has 4 aromatic carbocycles. The number of amides is 2. The number of esters is 3. The summed E-state index contributed by atoms with van der Waals surface area (Å²) in [6, 6.07) is 28.1. The fourth-order valence-electron chi connectivity index (χ4n) is 5.44. The third-order valence-corrected chi connectivity index (χ3v) is 7.66. The van der Waals surface area contributed by atoms with Crippen LogP contribution < -0.4 is 0 Å². The molecule has 2 aliphatic heterocycles. The summed E-state index contributed by atoms with van der Waals surface area (Å²) in [7, 11) is 0. The van der Waals surface area contributed by atoms with Gasteiger partial charge in [-0.3, -0.25) is 14.5 Å². The van der Waals surface area contributed by atoms with Crippen LogP contribution in [0.1, 0.15) is 51.8 Å². The Kier molecular flexibility index (Phi) is 8.68. The quantitative estimate of drug-likeness (QED) is 0.176. The maximum absolute atomic E-state index is 13.8. The van der Waals surface area contributed by atoms with E-state index in [-0.39, 0.29) is 27.8 Å². The summed E-state index contributed by atoms with van der Waals surface area (Å²) >= 11 is 0. The zero-order valence-electron chi connectivity index (χ0n) is 24.1. The van der Waals surface area contributed by atoms with E-state index in [1.54, 1.807) is 66.7 Å². The van der Waals surface area contributed by atoms with Crippen LogP contribution in [0.25, 0.3) is 0 Å². The van der Waals surface area contributed by atoms with Crippen molar-refractivity contribution in [1.29, 1.82) is 0 Å². The van der Waals surface area contributed by atoms with E-state index in [0.717, 1.165) is 4.90 Å². The van der Waals surface area contributed by atoms with Crippen molar-refractivity contribution in [1.82, 2.24) is 4.90 Å². The highest BCUT2D eigenvalue weighted by Gasteiger charge is 2.58. The second-order valence-corrected chi connectivity index (χ2v) is 10.5. The normalized spacial score (nSPS) is 22.1. The van der Waals surface area contributed by atoms with E-state index in [1.165, 1.54) is 48.5 Å². The van der Waals surface area contributed by atoms with Crippen molar-refractivity contribution in [2.45, 2.75) is 30.6 Å². The van der Waals surface area contributed by atoms with Gasteiger partial charge in [0.1, 0.15) is 12.1 Å².